The maximum Gasteiger partial charge on any atom is 0.321 e. The lowest BCUT2D eigenvalue weighted by atomic mass is 9.95. The Bertz CT molecular complexity index is 389. The van der Waals surface area contributed by atoms with E-state index in [0.29, 0.717) is 17.8 Å². The van der Waals surface area contributed by atoms with E-state index < -0.39 is 0 Å². The van der Waals surface area contributed by atoms with Crippen LogP contribution >= 0.6 is 0 Å². The first-order valence-corrected chi connectivity index (χ1v) is 6.69. The molecule has 2 rings (SSSR count). The van der Waals surface area contributed by atoms with Crippen molar-refractivity contribution in [1.82, 2.24) is 9.97 Å². The van der Waals surface area contributed by atoms with Crippen LogP contribution in [-0.4, -0.2) is 43.8 Å². The summed E-state index contributed by atoms with van der Waals surface area (Å²) in [6.45, 7) is 2.74. The van der Waals surface area contributed by atoms with E-state index in [9.17, 15) is 0 Å². The Hall–Kier alpha value is -1.56. The maximum atomic E-state index is 5.65. The summed E-state index contributed by atoms with van der Waals surface area (Å²) in [4.78, 5) is 10.8. The van der Waals surface area contributed by atoms with E-state index in [-0.39, 0.29) is 0 Å². The topological polar surface area (TPSA) is 73.5 Å². The van der Waals surface area contributed by atoms with Gasteiger partial charge in [0, 0.05) is 19.2 Å². The van der Waals surface area contributed by atoms with Crippen LogP contribution < -0.4 is 20.1 Å². The third-order valence-corrected chi connectivity index (χ3v) is 3.48. The summed E-state index contributed by atoms with van der Waals surface area (Å²) in [5, 5.41) is 0. The number of nitrogens with two attached hydrogens (primary N) is 1. The first kappa shape index (κ1) is 13.9. The number of piperidine rings is 1. The smallest absolute Gasteiger partial charge is 0.321 e. The van der Waals surface area contributed by atoms with Gasteiger partial charge in [-0.3, -0.25) is 0 Å². The van der Waals surface area contributed by atoms with Crippen molar-refractivity contribution >= 4 is 5.82 Å². The van der Waals surface area contributed by atoms with Gasteiger partial charge >= 0.3 is 6.01 Å². The van der Waals surface area contributed by atoms with Crippen LogP contribution in [0, 0.1) is 5.92 Å². The molecule has 19 heavy (non-hydrogen) atoms. The van der Waals surface area contributed by atoms with E-state index >= 15 is 0 Å². The zero-order valence-electron chi connectivity index (χ0n) is 11.6. The summed E-state index contributed by atoms with van der Waals surface area (Å²) < 4.78 is 10.3. The highest BCUT2D eigenvalue weighted by Gasteiger charge is 2.21. The molecule has 1 atom stereocenters. The molecule has 0 aromatic carbocycles. The summed E-state index contributed by atoms with van der Waals surface area (Å²) in [5.41, 5.74) is 5.65. The van der Waals surface area contributed by atoms with Gasteiger partial charge in [0.2, 0.25) is 5.88 Å². The molecule has 6 heteroatoms. The quantitative estimate of drug-likeness (QED) is 0.859. The molecular formula is C13H22N4O2. The van der Waals surface area contributed by atoms with Crippen molar-refractivity contribution in [2.45, 2.75) is 19.3 Å². The maximum absolute atomic E-state index is 5.65. The largest absolute Gasteiger partial charge is 0.481 e. The number of ether oxygens (including phenoxy) is 2. The van der Waals surface area contributed by atoms with E-state index in [4.69, 9.17) is 15.2 Å². The lowest BCUT2D eigenvalue weighted by Gasteiger charge is -2.33. The van der Waals surface area contributed by atoms with Crippen molar-refractivity contribution in [2.24, 2.45) is 11.7 Å². The van der Waals surface area contributed by atoms with Crippen LogP contribution in [-0.2, 0) is 0 Å². The van der Waals surface area contributed by atoms with Crippen molar-refractivity contribution in [3.05, 3.63) is 6.07 Å². The summed E-state index contributed by atoms with van der Waals surface area (Å²) in [7, 11) is 3.16. The van der Waals surface area contributed by atoms with Gasteiger partial charge in [-0.05, 0) is 31.7 Å². The number of aromatic nitrogens is 2. The average molecular weight is 266 g/mol. The Labute approximate surface area is 113 Å². The number of hydrogen-bond donors (Lipinski definition) is 1. The summed E-state index contributed by atoms with van der Waals surface area (Å²) in [5.74, 6) is 2.04. The molecule has 0 spiro atoms. The van der Waals surface area contributed by atoms with Crippen molar-refractivity contribution in [1.29, 1.82) is 0 Å². The normalized spacial score (nSPS) is 19.3. The molecule has 0 bridgehead atoms. The summed E-state index contributed by atoms with van der Waals surface area (Å²) >= 11 is 0. The number of rotatable bonds is 5. The molecule has 0 saturated carbocycles. The SMILES string of the molecule is COc1cc(N2CCC[C@H](CCN)C2)nc(OC)n1. The van der Waals surface area contributed by atoms with Gasteiger partial charge in [0.1, 0.15) is 5.82 Å². The Morgan fingerprint density at radius 2 is 2.21 bits per heavy atom. The first-order valence-electron chi connectivity index (χ1n) is 6.69. The van der Waals surface area contributed by atoms with Gasteiger partial charge in [-0.15, -0.1) is 0 Å². The fraction of sp³-hybridized carbons (Fsp3) is 0.692. The molecule has 0 aliphatic carbocycles. The highest BCUT2D eigenvalue weighted by molar-refractivity contribution is 5.43. The Kier molecular flexibility index (Phi) is 4.79. The average Bonchev–Trinajstić information content (AvgIpc) is 2.47. The summed E-state index contributed by atoms with van der Waals surface area (Å²) in [6.07, 6.45) is 3.47. The van der Waals surface area contributed by atoms with E-state index in [1.807, 2.05) is 6.07 Å². The third kappa shape index (κ3) is 3.47. The van der Waals surface area contributed by atoms with E-state index in [1.54, 1.807) is 14.2 Å². The molecule has 2 N–H and O–H groups in total. The van der Waals surface area contributed by atoms with Gasteiger partial charge in [0.25, 0.3) is 0 Å². The fourth-order valence-electron chi connectivity index (χ4n) is 2.49. The molecular weight excluding hydrogens is 244 g/mol. The van der Waals surface area contributed by atoms with Crippen molar-refractivity contribution in [3.8, 4) is 11.9 Å². The van der Waals surface area contributed by atoms with Crippen molar-refractivity contribution in [3.63, 3.8) is 0 Å². The Morgan fingerprint density at radius 1 is 1.37 bits per heavy atom. The van der Waals surface area contributed by atoms with Crippen LogP contribution in [0.15, 0.2) is 6.07 Å². The molecule has 1 aromatic heterocycles. The number of hydrogen-bond acceptors (Lipinski definition) is 6. The first-order chi connectivity index (χ1) is 9.26. The van der Waals surface area contributed by atoms with Gasteiger partial charge in [0.15, 0.2) is 0 Å². The number of nitrogens with zero attached hydrogens (tertiary/aromatic N) is 3. The van der Waals surface area contributed by atoms with Crippen LogP contribution in [0.5, 0.6) is 11.9 Å². The Morgan fingerprint density at radius 3 is 2.89 bits per heavy atom. The molecule has 1 aliphatic rings. The van der Waals surface area contributed by atoms with Crippen LogP contribution in [0.2, 0.25) is 0 Å². The zero-order chi connectivity index (χ0) is 13.7. The van der Waals surface area contributed by atoms with Crippen LogP contribution in [0.25, 0.3) is 0 Å². The van der Waals surface area contributed by atoms with Gasteiger partial charge in [-0.1, -0.05) is 0 Å². The van der Waals surface area contributed by atoms with Gasteiger partial charge in [-0.25, -0.2) is 0 Å². The predicted octanol–water partition coefficient (Wildman–Crippen LogP) is 1.06. The fourth-order valence-corrected chi connectivity index (χ4v) is 2.49. The molecule has 1 aromatic rings. The minimum Gasteiger partial charge on any atom is -0.481 e. The molecule has 6 nitrogen and oxygen atoms in total. The van der Waals surface area contributed by atoms with Gasteiger partial charge in [0.05, 0.1) is 14.2 Å². The second-order valence-corrected chi connectivity index (χ2v) is 4.79. The van der Waals surface area contributed by atoms with E-state index in [0.717, 1.165) is 31.9 Å². The molecule has 1 aliphatic heterocycles. The van der Waals surface area contributed by atoms with Crippen LogP contribution in [0.1, 0.15) is 19.3 Å². The molecule has 0 radical (unpaired) electrons. The monoisotopic (exact) mass is 266 g/mol. The number of anilines is 1. The van der Waals surface area contributed by atoms with Crippen molar-refractivity contribution < 1.29 is 9.47 Å². The van der Waals surface area contributed by atoms with Crippen LogP contribution in [0.4, 0.5) is 5.82 Å². The molecule has 106 valence electrons. The highest BCUT2D eigenvalue weighted by Crippen LogP contribution is 2.26. The third-order valence-electron chi connectivity index (χ3n) is 3.48. The minimum absolute atomic E-state index is 0.343. The molecule has 1 saturated heterocycles. The van der Waals surface area contributed by atoms with Gasteiger partial charge in [-0.2, -0.15) is 9.97 Å². The minimum atomic E-state index is 0.343. The lowest BCUT2D eigenvalue weighted by molar-refractivity contribution is 0.349. The summed E-state index contributed by atoms with van der Waals surface area (Å²) in [6, 6.07) is 2.20. The molecule has 2 heterocycles. The lowest BCUT2D eigenvalue weighted by Crippen LogP contribution is -2.36. The Balaban J connectivity index is 2.15. The molecule has 0 unspecified atom stereocenters. The predicted molar refractivity (Wildman–Crippen MR) is 73.7 cm³/mol. The molecule has 0 amide bonds. The van der Waals surface area contributed by atoms with Gasteiger partial charge < -0.3 is 20.1 Å². The van der Waals surface area contributed by atoms with E-state index in [1.165, 1.54) is 12.8 Å². The second kappa shape index (κ2) is 6.56. The standard InChI is InChI=1S/C13H22N4O2/c1-18-12-8-11(15-13(16-12)19-2)17-7-3-4-10(9-17)5-6-14/h8,10H,3-7,9,14H2,1-2H3/t10-/m1/s1. The zero-order valence-corrected chi connectivity index (χ0v) is 11.6. The van der Waals surface area contributed by atoms with Crippen LogP contribution in [0.3, 0.4) is 0 Å². The van der Waals surface area contributed by atoms with Crippen molar-refractivity contribution in [2.75, 3.05) is 38.8 Å². The molecule has 1 fully saturated rings. The second-order valence-electron chi connectivity index (χ2n) is 4.79. The number of methoxy groups -OCH3 is 2. The highest BCUT2D eigenvalue weighted by atomic mass is 16.5. The van der Waals surface area contributed by atoms with E-state index in [2.05, 4.69) is 14.9 Å².